The van der Waals surface area contributed by atoms with Crippen molar-refractivity contribution >= 4 is 11.6 Å². The van der Waals surface area contributed by atoms with Crippen LogP contribution in [0, 0.1) is 6.92 Å². The molecular weight excluding hydrogens is 308 g/mol. The second-order valence-electron chi connectivity index (χ2n) is 5.89. The molecule has 0 saturated carbocycles. The average Bonchev–Trinajstić information content (AvgIpc) is 2.80. The molecule has 7 heteroatoms. The standard InChI is InChI=1S/C17H22N4O3/c1-12-16(19-15(22)10-14-11-18-8-9-24-14)17(23)21(20(12)2)13-6-4-3-5-7-13/h3-7,14,18H,8-11H2,1-2H3,(H,19,22). The van der Waals surface area contributed by atoms with E-state index in [0.717, 1.165) is 12.2 Å². The summed E-state index contributed by atoms with van der Waals surface area (Å²) in [5, 5.41) is 5.94. The highest BCUT2D eigenvalue weighted by Crippen LogP contribution is 2.14. The first kappa shape index (κ1) is 16.5. The SMILES string of the molecule is Cc1c(NC(=O)CC2CNCCO2)c(=O)n(-c2ccccc2)n1C. The molecule has 0 bridgehead atoms. The molecule has 2 aromatic rings. The number of amides is 1. The van der Waals surface area contributed by atoms with Crippen LogP contribution in [0.25, 0.3) is 5.69 Å². The lowest BCUT2D eigenvalue weighted by molar-refractivity contribution is -0.119. The Morgan fingerprint density at radius 2 is 2.12 bits per heavy atom. The predicted octanol–water partition coefficient (Wildman–Crippen LogP) is 0.801. The van der Waals surface area contributed by atoms with Gasteiger partial charge < -0.3 is 15.4 Å². The fraction of sp³-hybridized carbons (Fsp3) is 0.412. The van der Waals surface area contributed by atoms with Crippen LogP contribution in [-0.4, -0.2) is 41.1 Å². The number of nitrogens with one attached hydrogen (secondary N) is 2. The summed E-state index contributed by atoms with van der Waals surface area (Å²) in [4.78, 5) is 25.0. The second-order valence-corrected chi connectivity index (χ2v) is 5.89. The molecular formula is C17H22N4O3. The minimum absolute atomic E-state index is 0.154. The Balaban J connectivity index is 1.81. The number of hydrogen-bond donors (Lipinski definition) is 2. The van der Waals surface area contributed by atoms with E-state index in [-0.39, 0.29) is 24.0 Å². The predicted molar refractivity (Wildman–Crippen MR) is 91.6 cm³/mol. The average molecular weight is 330 g/mol. The van der Waals surface area contributed by atoms with Gasteiger partial charge in [-0.3, -0.25) is 14.3 Å². The van der Waals surface area contributed by atoms with Gasteiger partial charge in [-0.15, -0.1) is 0 Å². The monoisotopic (exact) mass is 330 g/mol. The quantitative estimate of drug-likeness (QED) is 0.869. The van der Waals surface area contributed by atoms with Gasteiger partial charge >= 0.3 is 0 Å². The minimum Gasteiger partial charge on any atom is -0.375 e. The molecule has 1 fully saturated rings. The zero-order valence-electron chi connectivity index (χ0n) is 13.9. The number of ether oxygens (including phenoxy) is 1. The molecule has 2 heterocycles. The van der Waals surface area contributed by atoms with Crippen molar-refractivity contribution in [3.63, 3.8) is 0 Å². The van der Waals surface area contributed by atoms with E-state index in [0.29, 0.717) is 24.5 Å². The molecule has 1 aliphatic rings. The number of rotatable bonds is 4. The molecule has 7 nitrogen and oxygen atoms in total. The number of hydrogen-bond acceptors (Lipinski definition) is 4. The maximum atomic E-state index is 12.7. The topological polar surface area (TPSA) is 77.3 Å². The Bertz CT molecular complexity index is 773. The van der Waals surface area contributed by atoms with Crippen LogP contribution >= 0.6 is 0 Å². The molecule has 1 aliphatic heterocycles. The van der Waals surface area contributed by atoms with Crippen molar-refractivity contribution < 1.29 is 9.53 Å². The van der Waals surface area contributed by atoms with Gasteiger partial charge in [-0.05, 0) is 19.1 Å². The lowest BCUT2D eigenvalue weighted by Gasteiger charge is -2.22. The number of carbonyl (C=O) groups excluding carboxylic acids is 1. The van der Waals surface area contributed by atoms with Crippen molar-refractivity contribution in [2.24, 2.45) is 7.05 Å². The first-order chi connectivity index (χ1) is 11.6. The number of para-hydroxylation sites is 1. The van der Waals surface area contributed by atoms with Gasteiger partial charge in [0.15, 0.2) is 0 Å². The maximum Gasteiger partial charge on any atom is 0.295 e. The van der Waals surface area contributed by atoms with E-state index >= 15 is 0 Å². The molecule has 0 spiro atoms. The van der Waals surface area contributed by atoms with E-state index in [1.807, 2.05) is 37.3 Å². The van der Waals surface area contributed by atoms with Crippen LogP contribution in [0.1, 0.15) is 12.1 Å². The van der Waals surface area contributed by atoms with Gasteiger partial charge in [-0.1, -0.05) is 18.2 Å². The summed E-state index contributed by atoms with van der Waals surface area (Å²) in [6.07, 6.45) is 0.0747. The van der Waals surface area contributed by atoms with E-state index in [9.17, 15) is 9.59 Å². The molecule has 128 valence electrons. The highest BCUT2D eigenvalue weighted by molar-refractivity contribution is 5.91. The van der Waals surface area contributed by atoms with Crippen molar-refractivity contribution in [2.75, 3.05) is 25.0 Å². The van der Waals surface area contributed by atoms with E-state index in [1.54, 1.807) is 16.4 Å². The first-order valence-corrected chi connectivity index (χ1v) is 8.04. The van der Waals surface area contributed by atoms with Crippen LogP contribution in [0.2, 0.25) is 0 Å². The second kappa shape index (κ2) is 7.02. The fourth-order valence-electron chi connectivity index (χ4n) is 2.86. The van der Waals surface area contributed by atoms with Crippen molar-refractivity contribution in [3.05, 3.63) is 46.4 Å². The number of aromatic nitrogens is 2. The molecule has 1 atom stereocenters. The Labute approximate surface area is 140 Å². The Kier molecular flexibility index (Phi) is 4.82. The van der Waals surface area contributed by atoms with Crippen LogP contribution < -0.4 is 16.2 Å². The van der Waals surface area contributed by atoms with Crippen molar-refractivity contribution in [1.82, 2.24) is 14.7 Å². The molecule has 1 saturated heterocycles. The number of carbonyl (C=O) groups is 1. The molecule has 0 radical (unpaired) electrons. The summed E-state index contributed by atoms with van der Waals surface area (Å²) >= 11 is 0. The lowest BCUT2D eigenvalue weighted by atomic mass is 10.2. The van der Waals surface area contributed by atoms with Crippen LogP contribution in [0.4, 0.5) is 5.69 Å². The summed E-state index contributed by atoms with van der Waals surface area (Å²) in [6, 6.07) is 9.35. The Hall–Kier alpha value is -2.38. The summed E-state index contributed by atoms with van der Waals surface area (Å²) in [6.45, 7) is 3.87. The molecule has 0 aliphatic carbocycles. The largest absolute Gasteiger partial charge is 0.375 e. The van der Waals surface area contributed by atoms with Crippen molar-refractivity contribution in [3.8, 4) is 5.69 Å². The van der Waals surface area contributed by atoms with Gasteiger partial charge in [-0.2, -0.15) is 0 Å². The smallest absolute Gasteiger partial charge is 0.295 e. The first-order valence-electron chi connectivity index (χ1n) is 8.04. The highest BCUT2D eigenvalue weighted by Gasteiger charge is 2.21. The minimum atomic E-state index is -0.239. The number of anilines is 1. The zero-order chi connectivity index (χ0) is 17.1. The molecule has 2 N–H and O–H groups in total. The van der Waals surface area contributed by atoms with Gasteiger partial charge in [0.2, 0.25) is 5.91 Å². The Morgan fingerprint density at radius 3 is 2.79 bits per heavy atom. The molecule has 1 aromatic heterocycles. The molecule has 24 heavy (non-hydrogen) atoms. The fourth-order valence-corrected chi connectivity index (χ4v) is 2.86. The van der Waals surface area contributed by atoms with Gasteiger partial charge in [0.25, 0.3) is 5.56 Å². The number of benzene rings is 1. The van der Waals surface area contributed by atoms with Crippen LogP contribution in [-0.2, 0) is 16.6 Å². The maximum absolute atomic E-state index is 12.7. The number of morpholine rings is 1. The van der Waals surface area contributed by atoms with Crippen molar-refractivity contribution in [2.45, 2.75) is 19.4 Å². The van der Waals surface area contributed by atoms with Gasteiger partial charge in [0.1, 0.15) is 5.69 Å². The van der Waals surface area contributed by atoms with Crippen molar-refractivity contribution in [1.29, 1.82) is 0 Å². The highest BCUT2D eigenvalue weighted by atomic mass is 16.5. The van der Waals surface area contributed by atoms with E-state index in [1.165, 1.54) is 0 Å². The zero-order valence-corrected chi connectivity index (χ0v) is 13.9. The Morgan fingerprint density at radius 1 is 1.38 bits per heavy atom. The summed E-state index contributed by atoms with van der Waals surface area (Å²) < 4.78 is 8.82. The van der Waals surface area contributed by atoms with E-state index in [4.69, 9.17) is 4.74 Å². The van der Waals surface area contributed by atoms with E-state index in [2.05, 4.69) is 10.6 Å². The summed E-state index contributed by atoms with van der Waals surface area (Å²) in [5.74, 6) is -0.213. The van der Waals surface area contributed by atoms with Gasteiger partial charge in [-0.25, -0.2) is 4.68 Å². The third-order valence-corrected chi connectivity index (χ3v) is 4.24. The van der Waals surface area contributed by atoms with Crippen LogP contribution in [0.5, 0.6) is 0 Å². The van der Waals surface area contributed by atoms with Crippen LogP contribution in [0.15, 0.2) is 35.1 Å². The number of nitrogens with zero attached hydrogens (tertiary/aromatic N) is 2. The summed E-state index contributed by atoms with van der Waals surface area (Å²) in [5.41, 5.74) is 1.54. The van der Waals surface area contributed by atoms with Crippen LogP contribution in [0.3, 0.4) is 0 Å². The lowest BCUT2D eigenvalue weighted by Crippen LogP contribution is -2.40. The third kappa shape index (κ3) is 3.27. The summed E-state index contributed by atoms with van der Waals surface area (Å²) in [7, 11) is 1.80. The molecule has 1 unspecified atom stereocenters. The molecule has 1 amide bonds. The third-order valence-electron chi connectivity index (χ3n) is 4.24. The normalized spacial score (nSPS) is 17.7. The van der Waals surface area contributed by atoms with Gasteiger partial charge in [0, 0.05) is 20.1 Å². The van der Waals surface area contributed by atoms with Gasteiger partial charge in [0.05, 0.1) is 30.5 Å². The van der Waals surface area contributed by atoms with E-state index < -0.39 is 0 Å². The molecule has 3 rings (SSSR count). The molecule has 1 aromatic carbocycles.